The van der Waals surface area contributed by atoms with E-state index in [1.807, 2.05) is 44.2 Å². The van der Waals surface area contributed by atoms with Crippen molar-refractivity contribution >= 4 is 23.7 Å². The maximum absolute atomic E-state index is 13.6. The summed E-state index contributed by atoms with van der Waals surface area (Å²) in [5.74, 6) is -2.83. The van der Waals surface area contributed by atoms with Crippen LogP contribution in [-0.4, -0.2) is 69.5 Å². The van der Waals surface area contributed by atoms with Crippen molar-refractivity contribution in [3.05, 3.63) is 65.7 Å². The molecular weight excluding hydrogens is 500 g/mol. The summed E-state index contributed by atoms with van der Waals surface area (Å²) in [7, 11) is 0. The SMILES string of the molecule is CCC(C)C(NC(=O)C(N)Cc1ccccc1)C(=O)NC(Cc1ccc(O)cc1)C(=O)N1CCCC1C(=O)O. The third kappa shape index (κ3) is 8.03. The van der Waals surface area contributed by atoms with Gasteiger partial charge >= 0.3 is 5.97 Å². The number of nitrogens with two attached hydrogens (primary N) is 1. The second-order valence-electron chi connectivity index (χ2n) is 10.1. The number of benzene rings is 2. The Morgan fingerprint density at radius 2 is 1.62 bits per heavy atom. The Kier molecular flexibility index (Phi) is 10.4. The van der Waals surface area contributed by atoms with Crippen molar-refractivity contribution in [2.75, 3.05) is 6.54 Å². The van der Waals surface area contributed by atoms with Crippen LogP contribution < -0.4 is 16.4 Å². The Bertz CT molecular complexity index is 1140. The van der Waals surface area contributed by atoms with E-state index in [9.17, 15) is 29.4 Å². The predicted molar refractivity (Wildman–Crippen MR) is 146 cm³/mol. The third-order valence-electron chi connectivity index (χ3n) is 7.24. The first-order valence-electron chi connectivity index (χ1n) is 13.3. The van der Waals surface area contributed by atoms with Crippen molar-refractivity contribution in [1.29, 1.82) is 0 Å². The molecule has 10 heteroatoms. The largest absolute Gasteiger partial charge is 0.508 e. The lowest BCUT2D eigenvalue weighted by molar-refractivity contribution is -0.149. The van der Waals surface area contributed by atoms with Gasteiger partial charge in [0.15, 0.2) is 0 Å². The van der Waals surface area contributed by atoms with E-state index in [1.165, 1.54) is 17.0 Å². The molecule has 0 aliphatic carbocycles. The molecule has 10 nitrogen and oxygen atoms in total. The summed E-state index contributed by atoms with van der Waals surface area (Å²) in [6, 6.07) is 11.7. The average Bonchev–Trinajstić information content (AvgIpc) is 3.42. The molecule has 1 fully saturated rings. The minimum Gasteiger partial charge on any atom is -0.508 e. The molecule has 1 aliphatic rings. The van der Waals surface area contributed by atoms with Crippen molar-refractivity contribution in [2.45, 2.75) is 70.1 Å². The predicted octanol–water partition coefficient (Wildman–Crippen LogP) is 1.60. The van der Waals surface area contributed by atoms with E-state index in [1.54, 1.807) is 12.1 Å². The minimum absolute atomic E-state index is 0.0579. The summed E-state index contributed by atoms with van der Waals surface area (Å²) in [6.07, 6.45) is 1.85. The number of carboxylic acid groups (broad SMARTS) is 1. The number of carbonyl (C=O) groups excluding carboxylic acids is 3. The van der Waals surface area contributed by atoms with Gasteiger partial charge < -0.3 is 31.5 Å². The zero-order valence-electron chi connectivity index (χ0n) is 22.4. The molecule has 3 amide bonds. The number of aliphatic carboxylic acids is 1. The number of carboxylic acids is 1. The number of hydrogen-bond acceptors (Lipinski definition) is 6. The number of phenolic OH excluding ortho intramolecular Hbond substituents is 1. The minimum atomic E-state index is -1.09. The van der Waals surface area contributed by atoms with Gasteiger partial charge in [-0.2, -0.15) is 0 Å². The van der Waals surface area contributed by atoms with Crippen LogP contribution in [0.3, 0.4) is 0 Å². The summed E-state index contributed by atoms with van der Waals surface area (Å²) < 4.78 is 0. The first kappa shape index (κ1) is 29.6. The summed E-state index contributed by atoms with van der Waals surface area (Å²) in [4.78, 5) is 53.1. The van der Waals surface area contributed by atoms with E-state index in [-0.39, 0.29) is 24.6 Å². The van der Waals surface area contributed by atoms with Gasteiger partial charge in [0.25, 0.3) is 0 Å². The molecule has 3 rings (SSSR count). The van der Waals surface area contributed by atoms with Gasteiger partial charge in [0.1, 0.15) is 23.9 Å². The number of carbonyl (C=O) groups is 4. The average molecular weight is 539 g/mol. The zero-order valence-corrected chi connectivity index (χ0v) is 22.4. The number of hydrogen-bond donors (Lipinski definition) is 5. The smallest absolute Gasteiger partial charge is 0.326 e. The molecule has 0 aromatic heterocycles. The lowest BCUT2D eigenvalue weighted by atomic mass is 9.96. The van der Waals surface area contributed by atoms with E-state index in [4.69, 9.17) is 5.73 Å². The summed E-state index contributed by atoms with van der Waals surface area (Å²) in [5.41, 5.74) is 7.71. The van der Waals surface area contributed by atoms with Gasteiger partial charge in [0, 0.05) is 13.0 Å². The molecule has 39 heavy (non-hydrogen) atoms. The maximum Gasteiger partial charge on any atom is 0.326 e. The zero-order chi connectivity index (χ0) is 28.5. The second-order valence-corrected chi connectivity index (χ2v) is 10.1. The number of likely N-dealkylation sites (tertiary alicyclic amines) is 1. The number of phenols is 1. The van der Waals surface area contributed by atoms with E-state index in [0.29, 0.717) is 31.2 Å². The van der Waals surface area contributed by atoms with Gasteiger partial charge in [-0.05, 0) is 48.4 Å². The van der Waals surface area contributed by atoms with E-state index >= 15 is 0 Å². The molecule has 0 spiro atoms. The Hall–Kier alpha value is -3.92. The van der Waals surface area contributed by atoms with Gasteiger partial charge in [0.05, 0.1) is 6.04 Å². The van der Waals surface area contributed by atoms with Crippen LogP contribution in [0.5, 0.6) is 5.75 Å². The van der Waals surface area contributed by atoms with Crippen molar-refractivity contribution < 1.29 is 29.4 Å². The van der Waals surface area contributed by atoms with Gasteiger partial charge in [0.2, 0.25) is 17.7 Å². The first-order valence-corrected chi connectivity index (χ1v) is 13.3. The molecule has 5 atom stereocenters. The summed E-state index contributed by atoms with van der Waals surface area (Å²) in [5, 5.41) is 24.8. The van der Waals surface area contributed by atoms with Crippen LogP contribution in [0, 0.1) is 5.92 Å². The van der Waals surface area contributed by atoms with Crippen LogP contribution in [0.4, 0.5) is 0 Å². The number of aromatic hydroxyl groups is 1. The maximum atomic E-state index is 13.6. The molecule has 2 aromatic carbocycles. The van der Waals surface area contributed by atoms with Crippen LogP contribution in [0.1, 0.15) is 44.2 Å². The Morgan fingerprint density at radius 1 is 0.974 bits per heavy atom. The highest BCUT2D eigenvalue weighted by atomic mass is 16.4. The van der Waals surface area contributed by atoms with Gasteiger partial charge in [-0.15, -0.1) is 0 Å². The highest BCUT2D eigenvalue weighted by molar-refractivity contribution is 5.94. The second kappa shape index (κ2) is 13.7. The van der Waals surface area contributed by atoms with Crippen molar-refractivity contribution in [3.63, 3.8) is 0 Å². The summed E-state index contributed by atoms with van der Waals surface area (Å²) >= 11 is 0. The molecule has 5 unspecified atom stereocenters. The normalized spacial score (nSPS) is 18.0. The Labute approximate surface area is 228 Å². The Balaban J connectivity index is 1.79. The van der Waals surface area contributed by atoms with Gasteiger partial charge in [-0.3, -0.25) is 14.4 Å². The molecule has 0 saturated carbocycles. The van der Waals surface area contributed by atoms with Crippen LogP contribution in [0.25, 0.3) is 0 Å². The van der Waals surface area contributed by atoms with Crippen LogP contribution >= 0.6 is 0 Å². The van der Waals surface area contributed by atoms with Crippen LogP contribution in [-0.2, 0) is 32.0 Å². The van der Waals surface area contributed by atoms with Crippen LogP contribution in [0.2, 0.25) is 0 Å². The van der Waals surface area contributed by atoms with Crippen molar-refractivity contribution in [2.24, 2.45) is 11.7 Å². The molecule has 210 valence electrons. The third-order valence-corrected chi connectivity index (χ3v) is 7.24. The molecule has 2 aromatic rings. The fraction of sp³-hybridized carbons (Fsp3) is 0.448. The first-order chi connectivity index (χ1) is 18.6. The lowest BCUT2D eigenvalue weighted by Gasteiger charge is -2.30. The van der Waals surface area contributed by atoms with E-state index in [2.05, 4.69) is 10.6 Å². The number of amides is 3. The monoisotopic (exact) mass is 538 g/mol. The topological polar surface area (TPSA) is 162 Å². The molecule has 0 radical (unpaired) electrons. The number of nitrogens with zero attached hydrogens (tertiary/aromatic N) is 1. The van der Waals surface area contributed by atoms with E-state index < -0.39 is 47.9 Å². The van der Waals surface area contributed by atoms with Crippen molar-refractivity contribution in [3.8, 4) is 5.75 Å². The molecule has 6 N–H and O–H groups in total. The quantitative estimate of drug-likeness (QED) is 0.274. The summed E-state index contributed by atoms with van der Waals surface area (Å²) in [6.45, 7) is 3.99. The fourth-order valence-corrected chi connectivity index (χ4v) is 4.74. The number of rotatable bonds is 12. The van der Waals surface area contributed by atoms with Gasteiger partial charge in [-0.1, -0.05) is 62.7 Å². The molecule has 1 heterocycles. The lowest BCUT2D eigenvalue weighted by Crippen LogP contribution is -2.59. The Morgan fingerprint density at radius 3 is 2.23 bits per heavy atom. The molecule has 1 aliphatic heterocycles. The van der Waals surface area contributed by atoms with E-state index in [0.717, 1.165) is 5.56 Å². The molecule has 1 saturated heterocycles. The number of nitrogens with one attached hydrogen (secondary N) is 2. The highest BCUT2D eigenvalue weighted by Gasteiger charge is 2.39. The molecular formula is C29H38N4O6. The van der Waals surface area contributed by atoms with Gasteiger partial charge in [-0.25, -0.2) is 4.79 Å². The standard InChI is InChI=1S/C29H38N4O6/c1-3-18(2)25(32-26(35)22(30)16-19-8-5-4-6-9-19)27(36)31-23(17-20-11-13-21(34)14-12-20)28(37)33-15-7-10-24(33)29(38)39/h4-6,8-9,11-14,18,22-25,34H,3,7,10,15-17,30H2,1-2H3,(H,31,36)(H,32,35)(H,38,39). The fourth-order valence-electron chi connectivity index (χ4n) is 4.74. The van der Waals surface area contributed by atoms with Crippen LogP contribution in [0.15, 0.2) is 54.6 Å². The van der Waals surface area contributed by atoms with Crippen molar-refractivity contribution in [1.82, 2.24) is 15.5 Å². The molecule has 0 bridgehead atoms. The highest BCUT2D eigenvalue weighted by Crippen LogP contribution is 2.21.